The number of aliphatic hydroxyl groups is 1. The number of carbonyl (C=O) groups excluding carboxylic acids is 2. The van der Waals surface area contributed by atoms with Crippen LogP contribution < -0.4 is 0 Å². The predicted molar refractivity (Wildman–Crippen MR) is 93.5 cm³/mol. The summed E-state index contributed by atoms with van der Waals surface area (Å²) in [6.07, 6.45) is 5.47. The van der Waals surface area contributed by atoms with Crippen LogP contribution in [-0.2, 0) is 4.79 Å². The summed E-state index contributed by atoms with van der Waals surface area (Å²) < 4.78 is 0. The van der Waals surface area contributed by atoms with Gasteiger partial charge in [-0.1, -0.05) is 42.5 Å². The molecule has 0 radical (unpaired) electrons. The Labute approximate surface area is 147 Å². The lowest BCUT2D eigenvalue weighted by atomic mass is 9.76. The van der Waals surface area contributed by atoms with Gasteiger partial charge in [-0.3, -0.25) is 14.5 Å². The van der Waals surface area contributed by atoms with Crippen molar-refractivity contribution >= 4 is 11.7 Å². The van der Waals surface area contributed by atoms with Crippen LogP contribution in [0.25, 0.3) is 0 Å². The number of aliphatic hydroxyl groups excluding tert-OH is 1. The zero-order valence-corrected chi connectivity index (χ0v) is 14.6. The van der Waals surface area contributed by atoms with E-state index in [1.54, 1.807) is 36.2 Å². The van der Waals surface area contributed by atoms with Gasteiger partial charge in [0.15, 0.2) is 12.1 Å². The van der Waals surface area contributed by atoms with Gasteiger partial charge in [0.1, 0.15) is 5.54 Å². The molecule has 0 spiro atoms. The van der Waals surface area contributed by atoms with Crippen LogP contribution >= 0.6 is 0 Å². The van der Waals surface area contributed by atoms with E-state index in [1.165, 1.54) is 4.90 Å². The Morgan fingerprint density at radius 1 is 1.24 bits per heavy atom. The minimum Gasteiger partial charge on any atom is -0.361 e. The third-order valence-corrected chi connectivity index (χ3v) is 6.46. The fourth-order valence-corrected chi connectivity index (χ4v) is 4.87. The number of likely N-dealkylation sites (N-methyl/N-ethyl adjacent to an activating group) is 1. The van der Waals surface area contributed by atoms with Crippen LogP contribution in [0, 0.1) is 17.8 Å². The van der Waals surface area contributed by atoms with E-state index in [9.17, 15) is 14.7 Å². The summed E-state index contributed by atoms with van der Waals surface area (Å²) in [5.41, 5.74) is -0.206. The smallest absolute Gasteiger partial charge is 0.246 e. The van der Waals surface area contributed by atoms with Crippen molar-refractivity contribution in [3.05, 3.63) is 48.0 Å². The second-order valence-electron chi connectivity index (χ2n) is 7.71. The highest BCUT2D eigenvalue weighted by Crippen LogP contribution is 2.51. The summed E-state index contributed by atoms with van der Waals surface area (Å²) >= 11 is 0. The van der Waals surface area contributed by atoms with Crippen LogP contribution in [0.3, 0.4) is 0 Å². The van der Waals surface area contributed by atoms with Crippen LogP contribution in [-0.4, -0.2) is 52.1 Å². The van der Waals surface area contributed by atoms with Gasteiger partial charge in [0, 0.05) is 5.56 Å². The monoisotopic (exact) mass is 340 g/mol. The zero-order valence-electron chi connectivity index (χ0n) is 14.6. The summed E-state index contributed by atoms with van der Waals surface area (Å²) in [6.45, 7) is 1.82. The number of ketones is 1. The first-order chi connectivity index (χ1) is 11.9. The molecular formula is C20H24N2O3. The number of benzene rings is 1. The second-order valence-corrected chi connectivity index (χ2v) is 7.71. The maximum atomic E-state index is 13.2. The Hall–Kier alpha value is -1.98. The molecule has 1 N–H and O–H groups in total. The summed E-state index contributed by atoms with van der Waals surface area (Å²) in [5.74, 6) is 0.825. The van der Waals surface area contributed by atoms with Gasteiger partial charge in [-0.15, -0.1) is 0 Å². The number of amides is 1. The number of allylic oxidation sites excluding steroid dienone is 2. The van der Waals surface area contributed by atoms with Crippen molar-refractivity contribution in [1.82, 2.24) is 9.80 Å². The Morgan fingerprint density at radius 3 is 2.56 bits per heavy atom. The minimum absolute atomic E-state index is 0.0966. The fourth-order valence-electron chi connectivity index (χ4n) is 4.87. The molecule has 1 aromatic rings. The van der Waals surface area contributed by atoms with Gasteiger partial charge in [-0.25, -0.2) is 4.90 Å². The lowest BCUT2D eigenvalue weighted by Crippen LogP contribution is -2.53. The van der Waals surface area contributed by atoms with E-state index >= 15 is 0 Å². The molecule has 1 saturated carbocycles. The molecule has 2 fully saturated rings. The maximum Gasteiger partial charge on any atom is 0.246 e. The first-order valence-corrected chi connectivity index (χ1v) is 8.91. The lowest BCUT2D eigenvalue weighted by Gasteiger charge is -2.38. The molecule has 25 heavy (non-hydrogen) atoms. The normalized spacial score (nSPS) is 37.2. The lowest BCUT2D eigenvalue weighted by molar-refractivity contribution is -0.137. The SMILES string of the molecule is CN1C(O)N(CC(=O)c2ccccc2)C(=O)C1(C)C1C[C@@H]2C=C[C@H]1C2. The summed E-state index contributed by atoms with van der Waals surface area (Å²) in [4.78, 5) is 28.8. The van der Waals surface area contributed by atoms with Gasteiger partial charge < -0.3 is 5.11 Å². The Morgan fingerprint density at radius 2 is 1.96 bits per heavy atom. The molecule has 1 aromatic carbocycles. The number of nitrogens with zero attached hydrogens (tertiary/aromatic N) is 2. The highest BCUT2D eigenvalue weighted by Gasteiger charge is 2.60. The molecule has 5 nitrogen and oxygen atoms in total. The number of hydrogen-bond acceptors (Lipinski definition) is 4. The number of rotatable bonds is 4. The van der Waals surface area contributed by atoms with E-state index in [-0.39, 0.29) is 24.2 Å². The largest absolute Gasteiger partial charge is 0.361 e. The Kier molecular flexibility index (Phi) is 3.81. The molecule has 3 aliphatic rings. The van der Waals surface area contributed by atoms with Crippen LogP contribution in [0.2, 0.25) is 0 Å². The van der Waals surface area contributed by atoms with Crippen LogP contribution in [0.5, 0.6) is 0 Å². The van der Waals surface area contributed by atoms with E-state index in [4.69, 9.17) is 0 Å². The minimum atomic E-state index is -1.06. The van der Waals surface area contributed by atoms with Crippen molar-refractivity contribution in [3.8, 4) is 0 Å². The third kappa shape index (κ3) is 2.37. The van der Waals surface area contributed by atoms with Crippen molar-refractivity contribution < 1.29 is 14.7 Å². The van der Waals surface area contributed by atoms with Crippen molar-refractivity contribution in [2.75, 3.05) is 13.6 Å². The third-order valence-electron chi connectivity index (χ3n) is 6.46. The topological polar surface area (TPSA) is 60.9 Å². The average molecular weight is 340 g/mol. The van der Waals surface area contributed by atoms with E-state index in [0.29, 0.717) is 17.4 Å². The number of fused-ring (bicyclic) bond motifs is 2. The van der Waals surface area contributed by atoms with E-state index in [2.05, 4.69) is 12.2 Å². The number of Topliss-reactive ketones (excluding diaryl/α,β-unsaturated/α-hetero) is 1. The summed E-state index contributed by atoms with van der Waals surface area (Å²) in [7, 11) is 1.78. The molecule has 2 bridgehead atoms. The number of hydrogen-bond donors (Lipinski definition) is 1. The molecule has 1 saturated heterocycles. The average Bonchev–Trinajstić information content (AvgIpc) is 3.31. The van der Waals surface area contributed by atoms with Crippen molar-refractivity contribution in [2.45, 2.75) is 31.7 Å². The zero-order chi connectivity index (χ0) is 17.8. The highest BCUT2D eigenvalue weighted by atomic mass is 16.3. The van der Waals surface area contributed by atoms with E-state index < -0.39 is 11.9 Å². The molecule has 132 valence electrons. The molecule has 4 rings (SSSR count). The van der Waals surface area contributed by atoms with E-state index in [1.807, 2.05) is 13.0 Å². The highest BCUT2D eigenvalue weighted by molar-refractivity contribution is 6.00. The first kappa shape index (κ1) is 16.5. The Bertz CT molecular complexity index is 732. The standard InChI is InChI=1S/C20H24N2O3/c1-20(16-11-13-8-9-15(16)10-13)18(24)22(19(25)21(20)2)12-17(23)14-6-4-3-5-7-14/h3-9,13,15-16,19,25H,10-12H2,1-2H3/t13-,15+,16?,19?,20?/m1/s1. The molecule has 1 heterocycles. The van der Waals surface area contributed by atoms with Crippen LogP contribution in [0.4, 0.5) is 0 Å². The predicted octanol–water partition coefficient (Wildman–Crippen LogP) is 1.89. The quantitative estimate of drug-likeness (QED) is 0.672. The van der Waals surface area contributed by atoms with Crippen molar-refractivity contribution in [2.24, 2.45) is 17.8 Å². The number of carbonyl (C=O) groups is 2. The van der Waals surface area contributed by atoms with Gasteiger partial charge in [-0.05, 0) is 44.6 Å². The molecular weight excluding hydrogens is 316 g/mol. The maximum absolute atomic E-state index is 13.2. The van der Waals surface area contributed by atoms with E-state index in [0.717, 1.165) is 12.8 Å². The van der Waals surface area contributed by atoms with Gasteiger partial charge in [0.25, 0.3) is 0 Å². The molecule has 1 amide bonds. The molecule has 0 aromatic heterocycles. The molecule has 2 aliphatic carbocycles. The van der Waals surface area contributed by atoms with Crippen LogP contribution in [0.1, 0.15) is 30.1 Å². The van der Waals surface area contributed by atoms with Gasteiger partial charge in [0.2, 0.25) is 5.91 Å². The van der Waals surface area contributed by atoms with Crippen molar-refractivity contribution in [1.29, 1.82) is 0 Å². The molecule has 5 heteroatoms. The Balaban J connectivity index is 1.58. The second kappa shape index (κ2) is 5.78. The van der Waals surface area contributed by atoms with Crippen LogP contribution in [0.15, 0.2) is 42.5 Å². The fraction of sp³-hybridized carbons (Fsp3) is 0.500. The summed E-state index contributed by atoms with van der Waals surface area (Å²) in [5, 5.41) is 10.7. The first-order valence-electron chi connectivity index (χ1n) is 8.91. The van der Waals surface area contributed by atoms with Gasteiger partial charge >= 0.3 is 0 Å². The van der Waals surface area contributed by atoms with Gasteiger partial charge in [0.05, 0.1) is 6.54 Å². The summed E-state index contributed by atoms with van der Waals surface area (Å²) in [6, 6.07) is 8.92. The molecule has 1 aliphatic heterocycles. The van der Waals surface area contributed by atoms with Gasteiger partial charge in [-0.2, -0.15) is 0 Å². The van der Waals surface area contributed by atoms with Crippen molar-refractivity contribution in [3.63, 3.8) is 0 Å². The molecule has 3 unspecified atom stereocenters. The molecule has 5 atom stereocenters.